The van der Waals surface area contributed by atoms with Gasteiger partial charge in [-0.25, -0.2) is 0 Å². The molecule has 4 atom stereocenters. The van der Waals surface area contributed by atoms with Gasteiger partial charge >= 0.3 is 5.97 Å². The van der Waals surface area contributed by atoms with Crippen LogP contribution in [0.2, 0.25) is 0 Å². The van der Waals surface area contributed by atoms with Gasteiger partial charge in [-0.2, -0.15) is 0 Å². The molecule has 0 aromatic heterocycles. The Bertz CT molecular complexity index is 756. The van der Waals surface area contributed by atoms with Gasteiger partial charge in [0.05, 0.1) is 32.3 Å². The molecule has 3 heterocycles. The molecule has 0 unspecified atom stereocenters. The van der Waals surface area contributed by atoms with Gasteiger partial charge in [0.1, 0.15) is 17.3 Å². The van der Waals surface area contributed by atoms with Gasteiger partial charge in [0.2, 0.25) is 5.91 Å². The number of hydrogen-bond acceptors (Lipinski definition) is 5. The summed E-state index contributed by atoms with van der Waals surface area (Å²) in [6.45, 7) is 4.72. The van der Waals surface area contributed by atoms with Crippen LogP contribution in [0.5, 0.6) is 5.75 Å². The molecule has 3 aliphatic heterocycles. The number of esters is 1. The minimum atomic E-state index is -0.733. The predicted octanol–water partition coefficient (Wildman–Crippen LogP) is 2.18. The third-order valence-electron chi connectivity index (χ3n) is 5.32. The van der Waals surface area contributed by atoms with Gasteiger partial charge in [-0.3, -0.25) is 9.59 Å². The van der Waals surface area contributed by atoms with E-state index in [4.69, 9.17) is 14.2 Å². The highest BCUT2D eigenvalue weighted by Crippen LogP contribution is 2.52. The number of carbonyl (C=O) groups is 2. The van der Waals surface area contributed by atoms with Crippen LogP contribution in [-0.2, 0) is 19.1 Å². The van der Waals surface area contributed by atoms with Crippen molar-refractivity contribution in [3.05, 3.63) is 36.4 Å². The number of hydrogen-bond donors (Lipinski definition) is 0. The zero-order valence-electron chi connectivity index (χ0n) is 15.2. The molecular formula is C20H23NO5. The average molecular weight is 357 g/mol. The second-order valence-corrected chi connectivity index (χ2v) is 7.55. The van der Waals surface area contributed by atoms with Crippen LogP contribution < -0.4 is 9.64 Å². The molecule has 0 N–H and O–H groups in total. The van der Waals surface area contributed by atoms with Crippen molar-refractivity contribution >= 4 is 17.6 Å². The number of rotatable bonds is 5. The molecule has 3 aliphatic rings. The monoisotopic (exact) mass is 357 g/mol. The van der Waals surface area contributed by atoms with Crippen LogP contribution in [0, 0.1) is 17.8 Å². The summed E-state index contributed by atoms with van der Waals surface area (Å²) in [5.41, 5.74) is 0.0396. The number of nitrogens with zero attached hydrogens (tertiary/aromatic N) is 1. The highest BCUT2D eigenvalue weighted by Gasteiger charge is 2.67. The summed E-state index contributed by atoms with van der Waals surface area (Å²) >= 11 is 0. The number of fused-ring (bicyclic) bond motifs is 1. The molecule has 0 aliphatic carbocycles. The van der Waals surface area contributed by atoms with Crippen molar-refractivity contribution in [2.45, 2.75) is 25.6 Å². The van der Waals surface area contributed by atoms with Gasteiger partial charge in [-0.05, 0) is 30.2 Å². The first-order valence-corrected chi connectivity index (χ1v) is 8.94. The molecule has 1 aromatic rings. The molecule has 4 rings (SSSR count). The van der Waals surface area contributed by atoms with E-state index in [1.54, 1.807) is 12.0 Å². The Morgan fingerprint density at radius 1 is 1.35 bits per heavy atom. The van der Waals surface area contributed by atoms with Crippen molar-refractivity contribution in [1.82, 2.24) is 0 Å². The summed E-state index contributed by atoms with van der Waals surface area (Å²) in [7, 11) is 1.60. The smallest absolute Gasteiger partial charge is 0.312 e. The van der Waals surface area contributed by atoms with Crippen LogP contribution in [-0.4, -0.2) is 43.8 Å². The van der Waals surface area contributed by atoms with Gasteiger partial charge in [0.25, 0.3) is 0 Å². The summed E-state index contributed by atoms with van der Waals surface area (Å²) < 4.78 is 16.7. The largest absolute Gasteiger partial charge is 0.497 e. The molecule has 1 spiro atoms. The molecule has 6 nitrogen and oxygen atoms in total. The topological polar surface area (TPSA) is 65.1 Å². The van der Waals surface area contributed by atoms with Crippen LogP contribution in [0.1, 0.15) is 13.8 Å². The zero-order chi connectivity index (χ0) is 18.5. The van der Waals surface area contributed by atoms with Crippen molar-refractivity contribution in [3.8, 4) is 5.75 Å². The Kier molecular flexibility index (Phi) is 4.03. The Labute approximate surface area is 152 Å². The number of carbonyl (C=O) groups excluding carboxylic acids is 2. The van der Waals surface area contributed by atoms with Crippen LogP contribution in [0.25, 0.3) is 0 Å². The Balaban J connectivity index is 1.59. The minimum absolute atomic E-state index is 0.0893. The molecule has 2 bridgehead atoms. The zero-order valence-corrected chi connectivity index (χ0v) is 15.2. The van der Waals surface area contributed by atoms with Gasteiger partial charge in [-0.1, -0.05) is 26.0 Å². The fourth-order valence-corrected chi connectivity index (χ4v) is 4.09. The molecule has 1 amide bonds. The second-order valence-electron chi connectivity index (χ2n) is 7.55. The number of ether oxygens (including phenoxy) is 3. The van der Waals surface area contributed by atoms with Gasteiger partial charge in [0, 0.05) is 5.69 Å². The summed E-state index contributed by atoms with van der Waals surface area (Å²) in [6, 6.07) is 7.32. The second kappa shape index (κ2) is 6.13. The first-order chi connectivity index (χ1) is 12.4. The third-order valence-corrected chi connectivity index (χ3v) is 5.32. The quantitative estimate of drug-likeness (QED) is 0.597. The SMILES string of the molecule is COc1ccc(N2C[C@@]34C=C[C@@H](O3)[C@@H](C(=O)OCC(C)C)[C@H]4C2=O)cc1. The van der Waals surface area contributed by atoms with Gasteiger partial charge < -0.3 is 19.1 Å². The molecule has 2 fully saturated rings. The maximum absolute atomic E-state index is 13.2. The summed E-state index contributed by atoms with van der Waals surface area (Å²) in [6.07, 6.45) is 3.46. The first-order valence-electron chi connectivity index (χ1n) is 8.94. The van der Waals surface area contributed by atoms with Crippen molar-refractivity contribution < 1.29 is 23.8 Å². The lowest BCUT2D eigenvalue weighted by atomic mass is 9.77. The number of amides is 1. The Hall–Kier alpha value is -2.34. The van der Waals surface area contributed by atoms with E-state index in [1.165, 1.54) is 0 Å². The van der Waals surface area contributed by atoms with E-state index in [0.29, 0.717) is 13.2 Å². The molecule has 1 aromatic carbocycles. The highest BCUT2D eigenvalue weighted by atomic mass is 16.6. The molecule has 6 heteroatoms. The van der Waals surface area contributed by atoms with E-state index in [-0.39, 0.29) is 23.9 Å². The normalized spacial score (nSPS) is 31.6. The third kappa shape index (κ3) is 2.51. The summed E-state index contributed by atoms with van der Waals surface area (Å²) in [4.78, 5) is 27.5. The lowest BCUT2D eigenvalue weighted by Crippen LogP contribution is -2.40. The number of anilines is 1. The van der Waals surface area contributed by atoms with E-state index in [0.717, 1.165) is 11.4 Å². The van der Waals surface area contributed by atoms with Crippen LogP contribution in [0.4, 0.5) is 5.69 Å². The van der Waals surface area contributed by atoms with E-state index in [1.807, 2.05) is 50.3 Å². The van der Waals surface area contributed by atoms with Crippen molar-refractivity contribution in [2.24, 2.45) is 17.8 Å². The summed E-state index contributed by atoms with van der Waals surface area (Å²) in [5, 5.41) is 0. The summed E-state index contributed by atoms with van der Waals surface area (Å²) in [5.74, 6) is -0.559. The molecule has 138 valence electrons. The molecular weight excluding hydrogens is 334 g/mol. The van der Waals surface area contributed by atoms with Crippen LogP contribution >= 0.6 is 0 Å². The van der Waals surface area contributed by atoms with Gasteiger partial charge in [0.15, 0.2) is 0 Å². The van der Waals surface area contributed by atoms with Gasteiger partial charge in [-0.15, -0.1) is 0 Å². The van der Waals surface area contributed by atoms with Crippen molar-refractivity contribution in [1.29, 1.82) is 0 Å². The molecule has 0 radical (unpaired) electrons. The standard InChI is InChI=1S/C20H23NO5/c1-12(2)10-25-19(23)16-15-8-9-20(26-15)11-21(18(22)17(16)20)13-4-6-14(24-3)7-5-13/h4-9,12,15-17H,10-11H2,1-3H3/t15-,16-,17+,20-/m1/s1. The maximum Gasteiger partial charge on any atom is 0.312 e. The predicted molar refractivity (Wildman–Crippen MR) is 94.9 cm³/mol. The maximum atomic E-state index is 13.2. The van der Waals surface area contributed by atoms with E-state index >= 15 is 0 Å². The minimum Gasteiger partial charge on any atom is -0.497 e. The van der Waals surface area contributed by atoms with Crippen LogP contribution in [0.3, 0.4) is 0 Å². The van der Waals surface area contributed by atoms with E-state index in [2.05, 4.69) is 0 Å². The first kappa shape index (κ1) is 17.1. The van der Waals surface area contributed by atoms with Crippen molar-refractivity contribution in [2.75, 3.05) is 25.2 Å². The Morgan fingerprint density at radius 3 is 2.73 bits per heavy atom. The molecule has 0 saturated carbocycles. The Morgan fingerprint density at radius 2 is 2.08 bits per heavy atom. The fourth-order valence-electron chi connectivity index (χ4n) is 4.09. The fraction of sp³-hybridized carbons (Fsp3) is 0.500. The lowest BCUT2D eigenvalue weighted by molar-refractivity contribution is -0.153. The number of methoxy groups -OCH3 is 1. The molecule has 2 saturated heterocycles. The highest BCUT2D eigenvalue weighted by molar-refractivity contribution is 6.02. The van der Waals surface area contributed by atoms with Crippen molar-refractivity contribution in [3.63, 3.8) is 0 Å². The van der Waals surface area contributed by atoms with Crippen LogP contribution in [0.15, 0.2) is 36.4 Å². The number of benzene rings is 1. The van der Waals surface area contributed by atoms with E-state index in [9.17, 15) is 9.59 Å². The molecule has 26 heavy (non-hydrogen) atoms. The average Bonchev–Trinajstić information content (AvgIpc) is 3.28. The lowest BCUT2D eigenvalue weighted by Gasteiger charge is -2.23. The van der Waals surface area contributed by atoms with E-state index < -0.39 is 17.4 Å².